The molecule has 0 saturated carbocycles. The summed E-state index contributed by atoms with van der Waals surface area (Å²) in [6.07, 6.45) is 1.79. The molecule has 1 aliphatic rings. The van der Waals surface area contributed by atoms with Crippen LogP contribution in [0.1, 0.15) is 11.7 Å². The normalized spacial score (nSPS) is 22.5. The van der Waals surface area contributed by atoms with Crippen molar-refractivity contribution in [2.75, 3.05) is 19.6 Å². The molecule has 1 unspecified atom stereocenters. The van der Waals surface area contributed by atoms with Crippen LogP contribution in [0, 0.1) is 0 Å². The van der Waals surface area contributed by atoms with Crippen molar-refractivity contribution in [1.82, 2.24) is 14.6 Å². The van der Waals surface area contributed by atoms with Gasteiger partial charge in [-0.15, -0.1) is 0 Å². The van der Waals surface area contributed by atoms with Crippen LogP contribution in [0.3, 0.4) is 0 Å². The van der Waals surface area contributed by atoms with Crippen LogP contribution in [-0.4, -0.2) is 37.7 Å². The van der Waals surface area contributed by atoms with Gasteiger partial charge < -0.3 is 5.32 Å². The lowest BCUT2D eigenvalue weighted by molar-refractivity contribution is 0.294. The molecule has 0 bridgehead atoms. The van der Waals surface area contributed by atoms with Gasteiger partial charge in [0.1, 0.15) is 0 Å². The summed E-state index contributed by atoms with van der Waals surface area (Å²) in [6, 6.07) is 10.0. The van der Waals surface area contributed by atoms with Gasteiger partial charge in [0.05, 0.1) is 11.7 Å². The Labute approximate surface area is 114 Å². The zero-order valence-electron chi connectivity index (χ0n) is 10.3. The first-order valence-corrected chi connectivity index (χ1v) is 7.25. The molecule has 2 N–H and O–H groups in total. The fourth-order valence-corrected chi connectivity index (χ4v) is 2.99. The number of hydrogen-bond acceptors (Lipinski definition) is 3. The Morgan fingerprint density at radius 2 is 2.21 bits per heavy atom. The molecular weight excluding hydrogens is 262 g/mol. The molecule has 2 heterocycles. The van der Waals surface area contributed by atoms with E-state index in [1.165, 1.54) is 0 Å². The number of aromatic nitrogens is 1. The summed E-state index contributed by atoms with van der Waals surface area (Å²) in [4.78, 5) is 4.45. The zero-order chi connectivity index (χ0) is 13.2. The van der Waals surface area contributed by atoms with Crippen LogP contribution in [0.4, 0.5) is 0 Å². The predicted octanol–water partition coefficient (Wildman–Crippen LogP) is 1.32. The molecule has 0 amide bonds. The molecule has 0 spiro atoms. The molecule has 0 aliphatic carbocycles. The molecule has 1 fully saturated rings. The molecule has 5 nitrogen and oxygen atoms in total. The van der Waals surface area contributed by atoms with Crippen LogP contribution in [-0.2, 0) is 11.3 Å². The molecule has 1 aromatic carbocycles. The lowest BCUT2D eigenvalue weighted by atomic mass is 10.0. The second-order valence-corrected chi connectivity index (χ2v) is 5.52. The molecule has 3 rings (SSSR count). The van der Waals surface area contributed by atoms with Gasteiger partial charge in [0.2, 0.25) is 11.3 Å². The van der Waals surface area contributed by atoms with Gasteiger partial charge in [0, 0.05) is 31.2 Å². The number of rotatable bonds is 2. The quantitative estimate of drug-likeness (QED) is 0.813. The minimum Gasteiger partial charge on any atom is -0.306 e. The van der Waals surface area contributed by atoms with Crippen LogP contribution < -0.4 is 5.32 Å². The van der Waals surface area contributed by atoms with Crippen molar-refractivity contribution in [2.45, 2.75) is 6.04 Å². The standard InChI is InChI=1S/C13H15N3O2S/c17-19(18)16-8-7-14-12(9-16)13-11-4-2-1-3-10(11)5-6-15-13/h1-6,12,14H,7-9H2,(H,17,18)/t12-/m0/s1. The van der Waals surface area contributed by atoms with Crippen molar-refractivity contribution in [3.05, 3.63) is 42.2 Å². The fraction of sp³-hybridized carbons (Fsp3) is 0.308. The summed E-state index contributed by atoms with van der Waals surface area (Å²) in [7, 11) is 0. The molecule has 100 valence electrons. The van der Waals surface area contributed by atoms with Crippen LogP contribution in [0.25, 0.3) is 10.8 Å². The number of nitrogens with one attached hydrogen (secondary N) is 1. The van der Waals surface area contributed by atoms with E-state index in [9.17, 15) is 8.76 Å². The number of piperazine rings is 1. The molecule has 2 aromatic rings. The van der Waals surface area contributed by atoms with Gasteiger partial charge in [0.15, 0.2) is 0 Å². The molecule has 1 aliphatic heterocycles. The van der Waals surface area contributed by atoms with Gasteiger partial charge in [-0.1, -0.05) is 24.3 Å². The maximum Gasteiger partial charge on any atom is 0.234 e. The monoisotopic (exact) mass is 277 g/mol. The van der Waals surface area contributed by atoms with Crippen LogP contribution in [0.5, 0.6) is 0 Å². The molecule has 1 aromatic heterocycles. The van der Waals surface area contributed by atoms with E-state index in [-0.39, 0.29) is 6.04 Å². The minimum atomic E-state index is -1.91. The Bertz CT molecular complexity index is 614. The number of nitrogens with zero attached hydrogens (tertiary/aromatic N) is 2. The third-order valence-corrected chi connectivity index (χ3v) is 4.17. The van der Waals surface area contributed by atoms with Gasteiger partial charge in [-0.05, 0) is 11.5 Å². The second kappa shape index (κ2) is 5.34. The van der Waals surface area contributed by atoms with Crippen molar-refractivity contribution in [1.29, 1.82) is 0 Å². The van der Waals surface area contributed by atoms with E-state index in [1.54, 1.807) is 10.5 Å². The predicted molar refractivity (Wildman–Crippen MR) is 74.8 cm³/mol. The second-order valence-electron chi connectivity index (χ2n) is 4.54. The van der Waals surface area contributed by atoms with Crippen LogP contribution in [0.2, 0.25) is 0 Å². The van der Waals surface area contributed by atoms with E-state index in [0.29, 0.717) is 19.6 Å². The number of pyridine rings is 1. The first-order valence-electron chi connectivity index (χ1n) is 6.18. The average Bonchev–Trinajstić information content (AvgIpc) is 2.47. The molecular formula is C13H15N3O2S. The Morgan fingerprint density at radius 3 is 3.05 bits per heavy atom. The minimum absolute atomic E-state index is 0.0176. The summed E-state index contributed by atoms with van der Waals surface area (Å²) in [5, 5.41) is 5.59. The van der Waals surface area contributed by atoms with Crippen molar-refractivity contribution in [2.24, 2.45) is 0 Å². The SMILES string of the molecule is O=S(O)N1CCN[C@H](c2nccc3ccccc23)C1. The van der Waals surface area contributed by atoms with E-state index in [4.69, 9.17) is 0 Å². The lowest BCUT2D eigenvalue weighted by Gasteiger charge is -2.30. The maximum atomic E-state index is 11.2. The lowest BCUT2D eigenvalue weighted by Crippen LogP contribution is -2.46. The molecule has 2 atom stereocenters. The van der Waals surface area contributed by atoms with Crippen molar-refractivity contribution < 1.29 is 8.76 Å². The number of hydrogen-bond donors (Lipinski definition) is 2. The highest BCUT2D eigenvalue weighted by atomic mass is 32.2. The van der Waals surface area contributed by atoms with Crippen LogP contribution in [0.15, 0.2) is 36.5 Å². The highest BCUT2D eigenvalue weighted by molar-refractivity contribution is 7.76. The van der Waals surface area contributed by atoms with Crippen molar-refractivity contribution in [3.63, 3.8) is 0 Å². The summed E-state index contributed by atoms with van der Waals surface area (Å²) >= 11 is -1.91. The first kappa shape index (κ1) is 12.7. The van der Waals surface area contributed by atoms with Gasteiger partial charge in [0.25, 0.3) is 0 Å². The number of fused-ring (bicyclic) bond motifs is 1. The third-order valence-electron chi connectivity index (χ3n) is 3.39. The Balaban J connectivity index is 1.97. The Kier molecular flexibility index (Phi) is 3.56. The maximum absolute atomic E-state index is 11.2. The van der Waals surface area contributed by atoms with Gasteiger partial charge in [-0.3, -0.25) is 9.54 Å². The zero-order valence-corrected chi connectivity index (χ0v) is 11.1. The van der Waals surface area contributed by atoms with E-state index < -0.39 is 11.3 Å². The van der Waals surface area contributed by atoms with E-state index in [0.717, 1.165) is 16.5 Å². The first-order chi connectivity index (χ1) is 9.25. The Morgan fingerprint density at radius 1 is 1.37 bits per heavy atom. The summed E-state index contributed by atoms with van der Waals surface area (Å²) < 4.78 is 21.9. The molecule has 1 saturated heterocycles. The average molecular weight is 277 g/mol. The topological polar surface area (TPSA) is 65.5 Å². The smallest absolute Gasteiger partial charge is 0.234 e. The van der Waals surface area contributed by atoms with Crippen molar-refractivity contribution in [3.8, 4) is 0 Å². The highest BCUT2D eigenvalue weighted by Gasteiger charge is 2.25. The molecule has 6 heteroatoms. The third kappa shape index (κ3) is 2.52. The largest absolute Gasteiger partial charge is 0.306 e. The van der Waals surface area contributed by atoms with Gasteiger partial charge in [-0.25, -0.2) is 4.21 Å². The summed E-state index contributed by atoms with van der Waals surface area (Å²) in [5.74, 6) is 0. The van der Waals surface area contributed by atoms with E-state index >= 15 is 0 Å². The van der Waals surface area contributed by atoms with E-state index in [2.05, 4.69) is 10.3 Å². The highest BCUT2D eigenvalue weighted by Crippen LogP contribution is 2.24. The molecule has 0 radical (unpaired) electrons. The summed E-state index contributed by atoms with van der Waals surface area (Å²) in [5.41, 5.74) is 0.938. The number of benzene rings is 1. The van der Waals surface area contributed by atoms with Gasteiger partial charge in [-0.2, -0.15) is 4.31 Å². The molecule has 19 heavy (non-hydrogen) atoms. The summed E-state index contributed by atoms with van der Waals surface area (Å²) in [6.45, 7) is 1.75. The van der Waals surface area contributed by atoms with E-state index in [1.807, 2.05) is 30.3 Å². The van der Waals surface area contributed by atoms with Crippen molar-refractivity contribution >= 4 is 22.0 Å². The van der Waals surface area contributed by atoms with Gasteiger partial charge >= 0.3 is 0 Å². The fourth-order valence-electron chi connectivity index (χ4n) is 2.47. The van der Waals surface area contributed by atoms with Crippen LogP contribution >= 0.6 is 0 Å². The Hall–Kier alpha value is -1.34.